The highest BCUT2D eigenvalue weighted by Gasteiger charge is 2.22. The van der Waals surface area contributed by atoms with Crippen molar-refractivity contribution in [2.45, 2.75) is 6.92 Å². The van der Waals surface area contributed by atoms with Crippen LogP contribution in [0.1, 0.15) is 12.5 Å². The fourth-order valence-electron chi connectivity index (χ4n) is 1.40. The van der Waals surface area contributed by atoms with E-state index in [0.29, 0.717) is 10.5 Å². The molecule has 0 fully saturated rings. The Balaban J connectivity index is 2.25. The smallest absolute Gasteiger partial charge is 0.286 e. The Bertz CT molecular complexity index is 625. The first kappa shape index (κ1) is 13.8. The number of phenols is 1. The SMILES string of the molecule is CC(=O)NC1=NC(=O)/C(=C/c2cc(Br)ccc2O)S1. The molecule has 0 spiro atoms. The van der Waals surface area contributed by atoms with Crippen LogP contribution in [0.3, 0.4) is 0 Å². The minimum absolute atomic E-state index is 0.0667. The highest BCUT2D eigenvalue weighted by Crippen LogP contribution is 2.31. The number of amidine groups is 1. The Morgan fingerprint density at radius 3 is 2.95 bits per heavy atom. The maximum absolute atomic E-state index is 11.6. The zero-order chi connectivity index (χ0) is 14.0. The molecule has 1 aliphatic rings. The van der Waals surface area contributed by atoms with E-state index in [1.54, 1.807) is 12.1 Å². The lowest BCUT2D eigenvalue weighted by Gasteiger charge is -2.01. The van der Waals surface area contributed by atoms with E-state index < -0.39 is 5.91 Å². The lowest BCUT2D eigenvalue weighted by Crippen LogP contribution is -2.23. The van der Waals surface area contributed by atoms with E-state index >= 15 is 0 Å². The zero-order valence-electron chi connectivity index (χ0n) is 9.81. The van der Waals surface area contributed by atoms with Crippen LogP contribution >= 0.6 is 27.7 Å². The Morgan fingerprint density at radius 1 is 1.53 bits per heavy atom. The molecule has 98 valence electrons. The number of phenolic OH excluding ortho intramolecular Hbond substituents is 1. The van der Waals surface area contributed by atoms with Gasteiger partial charge in [-0.1, -0.05) is 15.9 Å². The summed E-state index contributed by atoms with van der Waals surface area (Å²) in [5.74, 6) is -0.657. The van der Waals surface area contributed by atoms with Crippen molar-refractivity contribution in [1.82, 2.24) is 5.32 Å². The standard InChI is InChI=1S/C12H9BrN2O3S/c1-6(16)14-12-15-11(18)10(19-12)5-7-4-8(13)2-3-9(7)17/h2-5,17H,1H3,(H,14,15,16,18)/b10-5-. The van der Waals surface area contributed by atoms with Gasteiger partial charge in [0.05, 0.1) is 4.91 Å². The molecule has 0 atom stereocenters. The zero-order valence-corrected chi connectivity index (χ0v) is 12.2. The third-order valence-electron chi connectivity index (χ3n) is 2.18. The number of carbonyl (C=O) groups excluding carboxylic acids is 2. The quantitative estimate of drug-likeness (QED) is 0.768. The highest BCUT2D eigenvalue weighted by molar-refractivity contribution is 9.10. The second kappa shape index (κ2) is 5.58. The molecule has 1 aromatic rings. The molecule has 0 unspecified atom stereocenters. The predicted molar refractivity (Wildman–Crippen MR) is 77.6 cm³/mol. The molecule has 2 rings (SSSR count). The van der Waals surface area contributed by atoms with E-state index in [4.69, 9.17) is 0 Å². The van der Waals surface area contributed by atoms with Crippen molar-refractivity contribution < 1.29 is 14.7 Å². The van der Waals surface area contributed by atoms with Crippen LogP contribution < -0.4 is 5.32 Å². The van der Waals surface area contributed by atoms with Gasteiger partial charge in [0, 0.05) is 17.0 Å². The van der Waals surface area contributed by atoms with Gasteiger partial charge in [0.15, 0.2) is 5.17 Å². The van der Waals surface area contributed by atoms with Crippen LogP contribution in [0.5, 0.6) is 5.75 Å². The molecule has 0 radical (unpaired) electrons. The minimum Gasteiger partial charge on any atom is -0.507 e. The first-order valence-electron chi connectivity index (χ1n) is 5.24. The first-order chi connectivity index (χ1) is 8.95. The third kappa shape index (κ3) is 3.45. The van der Waals surface area contributed by atoms with Crippen molar-refractivity contribution in [2.75, 3.05) is 0 Å². The van der Waals surface area contributed by atoms with E-state index in [0.717, 1.165) is 16.2 Å². The molecule has 0 aromatic heterocycles. The van der Waals surface area contributed by atoms with Gasteiger partial charge in [-0.05, 0) is 36.0 Å². The number of nitrogens with one attached hydrogen (secondary N) is 1. The topological polar surface area (TPSA) is 78.8 Å². The number of hydrogen-bond donors (Lipinski definition) is 2. The number of rotatable bonds is 1. The van der Waals surface area contributed by atoms with Crippen LogP contribution in [-0.2, 0) is 9.59 Å². The Morgan fingerprint density at radius 2 is 2.26 bits per heavy atom. The first-order valence-corrected chi connectivity index (χ1v) is 6.85. The van der Waals surface area contributed by atoms with Gasteiger partial charge in [0.2, 0.25) is 5.91 Å². The van der Waals surface area contributed by atoms with Gasteiger partial charge < -0.3 is 10.4 Å². The van der Waals surface area contributed by atoms with E-state index in [9.17, 15) is 14.7 Å². The Labute approximate surface area is 121 Å². The number of benzene rings is 1. The molecule has 0 aliphatic carbocycles. The van der Waals surface area contributed by atoms with Crippen molar-refractivity contribution in [2.24, 2.45) is 4.99 Å². The summed E-state index contributed by atoms with van der Waals surface area (Å²) in [6.45, 7) is 1.34. The molecule has 0 saturated heterocycles. The molecule has 7 heteroatoms. The van der Waals surface area contributed by atoms with E-state index in [1.165, 1.54) is 19.1 Å². The van der Waals surface area contributed by atoms with Gasteiger partial charge in [-0.3, -0.25) is 9.59 Å². The molecule has 19 heavy (non-hydrogen) atoms. The minimum atomic E-state index is -0.437. The van der Waals surface area contributed by atoms with Crippen molar-refractivity contribution in [1.29, 1.82) is 0 Å². The van der Waals surface area contributed by atoms with Crippen molar-refractivity contribution in [3.63, 3.8) is 0 Å². The second-order valence-corrected chi connectivity index (χ2v) is 5.66. The molecule has 2 amide bonds. The van der Waals surface area contributed by atoms with Crippen LogP contribution in [0, 0.1) is 0 Å². The molecular formula is C12H9BrN2O3S. The van der Waals surface area contributed by atoms with Gasteiger partial charge in [0.25, 0.3) is 5.91 Å². The van der Waals surface area contributed by atoms with Crippen LogP contribution in [0.25, 0.3) is 6.08 Å². The van der Waals surface area contributed by atoms with Crippen molar-refractivity contribution in [3.8, 4) is 5.75 Å². The molecule has 1 heterocycles. The van der Waals surface area contributed by atoms with Gasteiger partial charge >= 0.3 is 0 Å². The maximum Gasteiger partial charge on any atom is 0.286 e. The maximum atomic E-state index is 11.6. The third-order valence-corrected chi connectivity index (χ3v) is 3.57. The molecular weight excluding hydrogens is 332 g/mol. The van der Waals surface area contributed by atoms with Crippen LogP contribution in [0.4, 0.5) is 0 Å². The van der Waals surface area contributed by atoms with E-state index in [1.807, 2.05) is 0 Å². The lowest BCUT2D eigenvalue weighted by atomic mass is 10.2. The predicted octanol–water partition coefficient (Wildman–Crippen LogP) is 2.26. The molecule has 5 nitrogen and oxygen atoms in total. The fraction of sp³-hybridized carbons (Fsp3) is 0.0833. The summed E-state index contributed by atoms with van der Waals surface area (Å²) in [7, 11) is 0. The van der Waals surface area contributed by atoms with Gasteiger partial charge in [-0.25, -0.2) is 0 Å². The number of aromatic hydroxyl groups is 1. The van der Waals surface area contributed by atoms with Crippen molar-refractivity contribution >= 4 is 50.7 Å². The molecule has 0 saturated carbocycles. The summed E-state index contributed by atoms with van der Waals surface area (Å²) in [4.78, 5) is 26.6. The monoisotopic (exact) mass is 340 g/mol. The number of hydrogen-bond acceptors (Lipinski definition) is 4. The normalized spacial score (nSPS) is 16.6. The summed E-state index contributed by atoms with van der Waals surface area (Å²) in [5, 5.41) is 12.4. The fourth-order valence-corrected chi connectivity index (χ4v) is 2.62. The Kier molecular flexibility index (Phi) is 4.06. The van der Waals surface area contributed by atoms with Crippen LogP contribution in [-0.4, -0.2) is 22.1 Å². The Hall–Kier alpha value is -1.60. The number of halogens is 1. The second-order valence-electron chi connectivity index (χ2n) is 3.72. The summed E-state index contributed by atoms with van der Waals surface area (Å²) in [6.07, 6.45) is 1.53. The van der Waals surface area contributed by atoms with Crippen LogP contribution in [0.2, 0.25) is 0 Å². The van der Waals surface area contributed by atoms with Gasteiger partial charge in [-0.15, -0.1) is 0 Å². The summed E-state index contributed by atoms with van der Waals surface area (Å²) in [5.41, 5.74) is 0.504. The summed E-state index contributed by atoms with van der Waals surface area (Å²) >= 11 is 4.35. The van der Waals surface area contributed by atoms with E-state index in [2.05, 4.69) is 26.2 Å². The lowest BCUT2D eigenvalue weighted by molar-refractivity contribution is -0.117. The largest absolute Gasteiger partial charge is 0.507 e. The van der Waals surface area contributed by atoms with Gasteiger partial charge in [0.1, 0.15) is 5.75 Å². The average molecular weight is 341 g/mol. The van der Waals surface area contributed by atoms with Crippen molar-refractivity contribution in [3.05, 3.63) is 33.1 Å². The number of nitrogens with zero attached hydrogens (tertiary/aromatic N) is 1. The number of amides is 2. The van der Waals surface area contributed by atoms with Gasteiger partial charge in [-0.2, -0.15) is 4.99 Å². The highest BCUT2D eigenvalue weighted by atomic mass is 79.9. The number of thioether (sulfide) groups is 1. The molecule has 1 aromatic carbocycles. The molecule has 1 aliphatic heterocycles. The molecule has 0 bridgehead atoms. The molecule has 2 N–H and O–H groups in total. The average Bonchev–Trinajstić information content (AvgIpc) is 2.63. The van der Waals surface area contributed by atoms with E-state index in [-0.39, 0.29) is 16.8 Å². The summed E-state index contributed by atoms with van der Waals surface area (Å²) < 4.78 is 0.788. The number of aliphatic imine (C=N–C) groups is 1. The van der Waals surface area contributed by atoms with Crippen LogP contribution in [0.15, 0.2) is 32.6 Å². The summed E-state index contributed by atoms with van der Waals surface area (Å²) in [6, 6.07) is 4.91. The number of carbonyl (C=O) groups is 2.